The molecule has 9 rings (SSSR count). The lowest BCUT2D eigenvalue weighted by molar-refractivity contribution is 0.439. The molecule has 0 amide bonds. The lowest BCUT2D eigenvalue weighted by atomic mass is 9.79. The Labute approximate surface area is 262 Å². The Morgan fingerprint density at radius 3 is 2.23 bits per heavy atom. The number of rotatable bonds is 3. The molecule has 6 aromatic rings. The number of hydrogen-bond acceptors (Lipinski definition) is 3. The fourth-order valence-corrected chi connectivity index (χ4v) is 8.94. The van der Waals surface area contributed by atoms with Gasteiger partial charge in [-0.25, -0.2) is 0 Å². The lowest BCUT2D eigenvalue weighted by Crippen LogP contribution is -2.40. The van der Waals surface area contributed by atoms with Crippen molar-refractivity contribution >= 4 is 28.2 Å². The Bertz CT molecular complexity index is 2130. The third-order valence-electron chi connectivity index (χ3n) is 9.72. The zero-order valence-electron chi connectivity index (χ0n) is 24.8. The van der Waals surface area contributed by atoms with Gasteiger partial charge in [0.05, 0.1) is 11.7 Å². The number of fused-ring (bicyclic) bond motifs is 8. The van der Waals surface area contributed by atoms with Gasteiger partial charge < -0.3 is 5.32 Å². The molecule has 0 spiro atoms. The lowest BCUT2D eigenvalue weighted by Gasteiger charge is -2.34. The smallest absolute Gasteiger partial charge is 0.104 e. The average molecular weight is 585 g/mol. The van der Waals surface area contributed by atoms with E-state index in [9.17, 15) is 0 Å². The van der Waals surface area contributed by atoms with Crippen LogP contribution in [0.5, 0.6) is 0 Å². The van der Waals surface area contributed by atoms with Crippen molar-refractivity contribution in [1.82, 2.24) is 10.6 Å². The molecule has 0 fully saturated rings. The largest absolute Gasteiger partial charge is 0.365 e. The predicted molar refractivity (Wildman–Crippen MR) is 184 cm³/mol. The molecule has 3 aliphatic rings. The zero-order valence-corrected chi connectivity index (χ0v) is 25.6. The molecule has 2 N–H and O–H groups in total. The van der Waals surface area contributed by atoms with Crippen LogP contribution in [0.4, 0.5) is 0 Å². The maximum atomic E-state index is 3.95. The summed E-state index contributed by atoms with van der Waals surface area (Å²) in [6.45, 7) is 4.82. The quantitative estimate of drug-likeness (QED) is 0.216. The summed E-state index contributed by atoms with van der Waals surface area (Å²) in [5.74, 6) is 0. The van der Waals surface area contributed by atoms with Crippen LogP contribution in [0, 0.1) is 0 Å². The Morgan fingerprint density at radius 2 is 1.39 bits per heavy atom. The maximum Gasteiger partial charge on any atom is 0.104 e. The first kappa shape index (κ1) is 25.9. The van der Waals surface area contributed by atoms with E-state index < -0.39 is 0 Å². The van der Waals surface area contributed by atoms with Crippen LogP contribution >= 0.6 is 11.8 Å². The summed E-state index contributed by atoms with van der Waals surface area (Å²) in [4.78, 5) is 2.68. The Kier molecular flexibility index (Phi) is 5.72. The van der Waals surface area contributed by atoms with Crippen molar-refractivity contribution in [1.29, 1.82) is 0 Å². The van der Waals surface area contributed by atoms with Gasteiger partial charge in [0, 0.05) is 15.2 Å². The van der Waals surface area contributed by atoms with Crippen LogP contribution in [-0.2, 0) is 5.41 Å². The van der Waals surface area contributed by atoms with Crippen LogP contribution in [0.2, 0.25) is 0 Å². The zero-order chi connectivity index (χ0) is 29.4. The van der Waals surface area contributed by atoms with Crippen LogP contribution in [-0.4, -0.2) is 0 Å². The number of thioether (sulfide) groups is 1. The molecule has 0 saturated heterocycles. The maximum absolute atomic E-state index is 3.95. The summed E-state index contributed by atoms with van der Waals surface area (Å²) in [6.07, 6.45) is 0.0128. The van der Waals surface area contributed by atoms with Crippen molar-refractivity contribution in [2.45, 2.75) is 36.4 Å². The molecule has 0 radical (unpaired) electrons. The molecular weight excluding hydrogens is 553 g/mol. The van der Waals surface area contributed by atoms with Crippen molar-refractivity contribution in [2.75, 3.05) is 0 Å². The summed E-state index contributed by atoms with van der Waals surface area (Å²) < 4.78 is 0. The third-order valence-corrected chi connectivity index (χ3v) is 11.0. The first-order valence-electron chi connectivity index (χ1n) is 15.4. The highest BCUT2D eigenvalue weighted by Crippen LogP contribution is 2.57. The highest BCUT2D eigenvalue weighted by Gasteiger charge is 2.41. The third kappa shape index (κ3) is 3.79. The second-order valence-electron chi connectivity index (χ2n) is 12.6. The van der Waals surface area contributed by atoms with E-state index in [1.54, 1.807) is 0 Å². The predicted octanol–water partition coefficient (Wildman–Crippen LogP) is 10.2. The number of nitrogens with one attached hydrogen (secondary N) is 2. The number of hydrogen-bond donors (Lipinski definition) is 2. The second-order valence-corrected chi connectivity index (χ2v) is 13.7. The van der Waals surface area contributed by atoms with Gasteiger partial charge in [-0.2, -0.15) is 0 Å². The second kappa shape index (κ2) is 9.72. The minimum atomic E-state index is -0.159. The molecule has 44 heavy (non-hydrogen) atoms. The van der Waals surface area contributed by atoms with Gasteiger partial charge in [0.2, 0.25) is 0 Å². The van der Waals surface area contributed by atoms with E-state index in [2.05, 4.69) is 158 Å². The Morgan fingerprint density at radius 1 is 0.659 bits per heavy atom. The van der Waals surface area contributed by atoms with Gasteiger partial charge >= 0.3 is 0 Å². The van der Waals surface area contributed by atoms with Gasteiger partial charge in [-0.05, 0) is 79.0 Å². The molecule has 6 aromatic carbocycles. The fraction of sp³-hybridized carbons (Fsp3) is 0.122. The van der Waals surface area contributed by atoms with Crippen LogP contribution < -0.4 is 10.6 Å². The monoisotopic (exact) mass is 584 g/mol. The van der Waals surface area contributed by atoms with E-state index in [0.29, 0.717) is 0 Å². The standard InChI is InChI=1S/C41H32N2S/c1-41(2)33-24-28(37-39-38(31-19-11-12-20-34(31)44-39)43-40(42-37)26-15-7-4-8-16-26)21-22-30(33)35-32(25-13-5-3-6-14-25)23-27-17-9-10-18-29(27)36(35)41/h3-24,38,40,42-43H,1-2H3. The van der Waals surface area contributed by atoms with E-state index in [0.717, 1.165) is 0 Å². The van der Waals surface area contributed by atoms with E-state index in [-0.39, 0.29) is 17.6 Å². The average Bonchev–Trinajstić information content (AvgIpc) is 3.57. The van der Waals surface area contributed by atoms with Gasteiger partial charge in [-0.1, -0.05) is 141 Å². The van der Waals surface area contributed by atoms with E-state index in [1.165, 1.54) is 76.3 Å². The molecule has 0 aromatic heterocycles. The van der Waals surface area contributed by atoms with Crippen LogP contribution in [0.15, 0.2) is 143 Å². The van der Waals surface area contributed by atoms with E-state index >= 15 is 0 Å². The summed E-state index contributed by atoms with van der Waals surface area (Å²) in [5.41, 5.74) is 13.0. The van der Waals surface area contributed by atoms with Crippen LogP contribution in [0.25, 0.3) is 38.7 Å². The van der Waals surface area contributed by atoms with Crippen molar-refractivity contribution in [3.63, 3.8) is 0 Å². The first-order valence-corrected chi connectivity index (χ1v) is 16.2. The molecule has 2 nitrogen and oxygen atoms in total. The van der Waals surface area contributed by atoms with E-state index in [1.807, 2.05) is 11.8 Å². The normalized spacial score (nSPS) is 19.2. The van der Waals surface area contributed by atoms with E-state index in [4.69, 9.17) is 0 Å². The van der Waals surface area contributed by atoms with Gasteiger partial charge in [0.25, 0.3) is 0 Å². The molecule has 3 heteroatoms. The Hall–Kier alpha value is -4.57. The van der Waals surface area contributed by atoms with Crippen molar-refractivity contribution < 1.29 is 0 Å². The molecule has 2 unspecified atom stereocenters. The molecule has 2 heterocycles. The molecule has 212 valence electrons. The molecular formula is C41H32N2S. The van der Waals surface area contributed by atoms with Gasteiger partial charge in [-0.15, -0.1) is 0 Å². The minimum absolute atomic E-state index is 0.0128. The minimum Gasteiger partial charge on any atom is -0.365 e. The first-order chi connectivity index (χ1) is 21.6. The topological polar surface area (TPSA) is 24.1 Å². The van der Waals surface area contributed by atoms with Crippen molar-refractivity contribution in [3.05, 3.63) is 166 Å². The van der Waals surface area contributed by atoms with Crippen molar-refractivity contribution in [2.24, 2.45) is 0 Å². The van der Waals surface area contributed by atoms with Gasteiger partial charge in [0.1, 0.15) is 6.17 Å². The fourth-order valence-electron chi connectivity index (χ4n) is 7.66. The molecule has 2 atom stereocenters. The van der Waals surface area contributed by atoms with Crippen LogP contribution in [0.3, 0.4) is 0 Å². The highest BCUT2D eigenvalue weighted by molar-refractivity contribution is 8.03. The summed E-state index contributed by atoms with van der Waals surface area (Å²) >= 11 is 1.90. The molecule has 2 aliphatic heterocycles. The summed E-state index contributed by atoms with van der Waals surface area (Å²) in [5, 5.41) is 10.5. The SMILES string of the molecule is CC1(C)c2cc(C3=C4Sc5ccccc5C4NC(c4ccccc4)N3)ccc2-c2c(-c3ccccc3)cc3ccccc3c21. The summed E-state index contributed by atoms with van der Waals surface area (Å²) in [6, 6.07) is 49.1. The van der Waals surface area contributed by atoms with Gasteiger partial charge in [0.15, 0.2) is 0 Å². The Balaban J connectivity index is 1.25. The van der Waals surface area contributed by atoms with Gasteiger partial charge in [-0.3, -0.25) is 5.32 Å². The highest BCUT2D eigenvalue weighted by atomic mass is 32.2. The number of benzene rings is 6. The molecule has 0 saturated carbocycles. The van der Waals surface area contributed by atoms with Crippen molar-refractivity contribution in [3.8, 4) is 22.3 Å². The summed E-state index contributed by atoms with van der Waals surface area (Å²) in [7, 11) is 0. The molecule has 0 bridgehead atoms. The van der Waals surface area contributed by atoms with Crippen LogP contribution in [0.1, 0.15) is 53.9 Å². The molecule has 1 aliphatic carbocycles.